The number of urea groups is 1. The van der Waals surface area contributed by atoms with Crippen molar-refractivity contribution in [3.8, 4) is 5.75 Å². The molecule has 0 spiro atoms. The van der Waals surface area contributed by atoms with Gasteiger partial charge in [-0.1, -0.05) is 6.42 Å². The molecular formula is C23H25N5O4. The van der Waals surface area contributed by atoms with Crippen LogP contribution >= 0.6 is 0 Å². The maximum absolute atomic E-state index is 12.5. The smallest absolute Gasteiger partial charge is 0.339 e. The lowest BCUT2D eigenvalue weighted by molar-refractivity contribution is -0.114. The number of carbonyl (C=O) groups is 3. The first-order chi connectivity index (χ1) is 15.5. The topological polar surface area (TPSA) is 103 Å². The molecule has 0 bridgehead atoms. The summed E-state index contributed by atoms with van der Waals surface area (Å²) in [5.41, 5.74) is 4.45. The number of hydrazone groups is 1. The third-order valence-electron chi connectivity index (χ3n) is 5.51. The molecule has 2 aromatic rings. The molecule has 4 rings (SSSR count). The summed E-state index contributed by atoms with van der Waals surface area (Å²) in [5.74, 6) is -0.359. The third-order valence-corrected chi connectivity index (χ3v) is 5.51. The fourth-order valence-electron chi connectivity index (χ4n) is 3.83. The third kappa shape index (κ3) is 4.78. The number of benzene rings is 2. The van der Waals surface area contributed by atoms with Crippen LogP contribution in [0.1, 0.15) is 35.2 Å². The van der Waals surface area contributed by atoms with Gasteiger partial charge in [0, 0.05) is 5.69 Å². The SMILES string of the molecule is COc1ccc(/C=N/NC(=O)Nc2ccc3c(c2)C(=O)C(=O)N3CN2CCCCC2)cc1. The van der Waals surface area contributed by atoms with Gasteiger partial charge in [0.15, 0.2) is 0 Å². The van der Waals surface area contributed by atoms with E-state index in [1.807, 2.05) is 0 Å². The average molecular weight is 435 g/mol. The summed E-state index contributed by atoms with van der Waals surface area (Å²) in [6, 6.07) is 11.5. The van der Waals surface area contributed by atoms with Crippen LogP contribution in [0.2, 0.25) is 0 Å². The van der Waals surface area contributed by atoms with Gasteiger partial charge in [-0.25, -0.2) is 10.2 Å². The van der Waals surface area contributed by atoms with Crippen molar-refractivity contribution in [2.75, 3.05) is 37.1 Å². The maximum atomic E-state index is 12.5. The lowest BCUT2D eigenvalue weighted by atomic mass is 10.1. The number of rotatable bonds is 6. The monoisotopic (exact) mass is 435 g/mol. The first kappa shape index (κ1) is 21.5. The Morgan fingerprint density at radius 1 is 1.09 bits per heavy atom. The zero-order chi connectivity index (χ0) is 22.5. The number of ketones is 1. The normalized spacial score (nSPS) is 16.3. The molecular weight excluding hydrogens is 410 g/mol. The molecule has 2 aromatic carbocycles. The van der Waals surface area contributed by atoms with Crippen molar-refractivity contribution in [1.82, 2.24) is 10.3 Å². The summed E-state index contributed by atoms with van der Waals surface area (Å²) in [6.07, 6.45) is 4.90. The molecule has 32 heavy (non-hydrogen) atoms. The van der Waals surface area contributed by atoms with Crippen LogP contribution in [0.15, 0.2) is 47.6 Å². The number of carbonyl (C=O) groups excluding carboxylic acids is 3. The minimum absolute atomic E-state index is 0.298. The molecule has 2 N–H and O–H groups in total. The minimum Gasteiger partial charge on any atom is -0.497 e. The van der Waals surface area contributed by atoms with Crippen LogP contribution in [0, 0.1) is 0 Å². The van der Waals surface area contributed by atoms with Gasteiger partial charge in [0.25, 0.3) is 5.78 Å². The molecule has 166 valence electrons. The summed E-state index contributed by atoms with van der Waals surface area (Å²) in [5, 5.41) is 6.54. The van der Waals surface area contributed by atoms with E-state index in [-0.39, 0.29) is 0 Å². The molecule has 2 aliphatic heterocycles. The molecule has 1 saturated heterocycles. The van der Waals surface area contributed by atoms with Crippen molar-refractivity contribution in [3.63, 3.8) is 0 Å². The number of Topliss-reactive ketones (excluding diaryl/α,β-unsaturated/α-hetero) is 1. The average Bonchev–Trinajstić information content (AvgIpc) is 3.04. The predicted octanol–water partition coefficient (Wildman–Crippen LogP) is 2.82. The molecule has 0 saturated carbocycles. The molecule has 0 aromatic heterocycles. The maximum Gasteiger partial charge on any atom is 0.339 e. The highest BCUT2D eigenvalue weighted by Crippen LogP contribution is 2.31. The van der Waals surface area contributed by atoms with Crippen molar-refractivity contribution in [2.24, 2.45) is 5.10 Å². The van der Waals surface area contributed by atoms with E-state index in [1.54, 1.807) is 43.5 Å². The van der Waals surface area contributed by atoms with Crippen molar-refractivity contribution in [2.45, 2.75) is 19.3 Å². The van der Waals surface area contributed by atoms with E-state index in [2.05, 4.69) is 20.7 Å². The standard InChI is InChI=1S/C23H25N5O4/c1-32-18-8-5-16(6-9-18)14-24-26-23(31)25-17-7-10-20-19(13-17)21(29)22(30)28(20)15-27-11-3-2-4-12-27/h5-10,13-14H,2-4,11-12,15H2,1H3,(H2,25,26,31)/b24-14+. The molecule has 0 unspecified atom stereocenters. The number of fused-ring (bicyclic) bond motifs is 1. The Kier molecular flexibility index (Phi) is 6.46. The van der Waals surface area contributed by atoms with Crippen molar-refractivity contribution in [1.29, 1.82) is 0 Å². The van der Waals surface area contributed by atoms with Gasteiger partial charge in [0.05, 0.1) is 31.2 Å². The summed E-state index contributed by atoms with van der Waals surface area (Å²) >= 11 is 0. The van der Waals surface area contributed by atoms with E-state index >= 15 is 0 Å². The zero-order valence-electron chi connectivity index (χ0n) is 17.8. The molecule has 0 atom stereocenters. The first-order valence-corrected chi connectivity index (χ1v) is 10.5. The Morgan fingerprint density at radius 2 is 1.84 bits per heavy atom. The highest BCUT2D eigenvalue weighted by atomic mass is 16.5. The highest BCUT2D eigenvalue weighted by Gasteiger charge is 2.37. The Bertz CT molecular complexity index is 1040. The minimum atomic E-state index is -0.559. The lowest BCUT2D eigenvalue weighted by Gasteiger charge is -2.30. The number of amides is 3. The Hall–Kier alpha value is -3.72. The largest absolute Gasteiger partial charge is 0.497 e. The van der Waals surface area contributed by atoms with Crippen LogP contribution < -0.4 is 20.4 Å². The fraction of sp³-hybridized carbons (Fsp3) is 0.304. The Labute approximate surface area is 186 Å². The van der Waals surface area contributed by atoms with Crippen LogP contribution in [0.4, 0.5) is 16.2 Å². The van der Waals surface area contributed by atoms with Crippen LogP contribution in [-0.4, -0.2) is 55.7 Å². The number of nitrogens with one attached hydrogen (secondary N) is 2. The van der Waals surface area contributed by atoms with Gasteiger partial charge in [-0.3, -0.25) is 19.4 Å². The predicted molar refractivity (Wildman–Crippen MR) is 121 cm³/mol. The van der Waals surface area contributed by atoms with Crippen LogP contribution in [0.25, 0.3) is 0 Å². The van der Waals surface area contributed by atoms with E-state index in [4.69, 9.17) is 4.74 Å². The molecule has 0 radical (unpaired) electrons. The molecule has 9 nitrogen and oxygen atoms in total. The number of nitrogens with zero attached hydrogens (tertiary/aromatic N) is 3. The molecule has 1 fully saturated rings. The molecule has 0 aliphatic carbocycles. The number of anilines is 2. The van der Waals surface area contributed by atoms with E-state index < -0.39 is 17.7 Å². The second-order valence-corrected chi connectivity index (χ2v) is 7.71. The van der Waals surface area contributed by atoms with Crippen LogP contribution in [0.3, 0.4) is 0 Å². The molecule has 2 heterocycles. The van der Waals surface area contributed by atoms with Crippen LogP contribution in [-0.2, 0) is 4.79 Å². The summed E-state index contributed by atoms with van der Waals surface area (Å²) in [4.78, 5) is 40.9. The van der Waals surface area contributed by atoms with Gasteiger partial charge >= 0.3 is 11.9 Å². The Balaban J connectivity index is 1.37. The Morgan fingerprint density at radius 3 is 2.56 bits per heavy atom. The van der Waals surface area contributed by atoms with Gasteiger partial charge in [0.2, 0.25) is 0 Å². The summed E-state index contributed by atoms with van der Waals surface area (Å²) in [6.45, 7) is 2.25. The van der Waals surface area contributed by atoms with Crippen LogP contribution in [0.5, 0.6) is 5.75 Å². The fourth-order valence-corrected chi connectivity index (χ4v) is 3.83. The van der Waals surface area contributed by atoms with Gasteiger partial charge in [-0.15, -0.1) is 0 Å². The molecule has 3 amide bonds. The number of ether oxygens (including phenoxy) is 1. The number of hydrogen-bond donors (Lipinski definition) is 2. The van der Waals surface area contributed by atoms with Crippen molar-refractivity contribution in [3.05, 3.63) is 53.6 Å². The number of piperidine rings is 1. The number of hydrogen-bond acceptors (Lipinski definition) is 6. The summed E-state index contributed by atoms with van der Waals surface area (Å²) in [7, 11) is 1.59. The second kappa shape index (κ2) is 9.61. The van der Waals surface area contributed by atoms with Gasteiger partial charge in [-0.2, -0.15) is 5.10 Å². The van der Waals surface area contributed by atoms with Crippen molar-refractivity contribution >= 4 is 35.3 Å². The number of likely N-dealkylation sites (tertiary alicyclic amines) is 1. The number of methoxy groups -OCH3 is 1. The van der Waals surface area contributed by atoms with E-state index in [9.17, 15) is 14.4 Å². The first-order valence-electron chi connectivity index (χ1n) is 10.5. The van der Waals surface area contributed by atoms with Gasteiger partial charge in [0.1, 0.15) is 5.75 Å². The van der Waals surface area contributed by atoms with E-state index in [1.165, 1.54) is 23.6 Å². The summed E-state index contributed by atoms with van der Waals surface area (Å²) < 4.78 is 5.09. The molecule has 9 heteroatoms. The van der Waals surface area contributed by atoms with Crippen molar-refractivity contribution < 1.29 is 19.1 Å². The van der Waals surface area contributed by atoms with Gasteiger partial charge < -0.3 is 10.1 Å². The van der Waals surface area contributed by atoms with E-state index in [0.717, 1.165) is 37.2 Å². The van der Waals surface area contributed by atoms with E-state index in [0.29, 0.717) is 23.6 Å². The van der Waals surface area contributed by atoms with Gasteiger partial charge in [-0.05, 0) is 74.0 Å². The lowest BCUT2D eigenvalue weighted by Crippen LogP contribution is -2.43. The quantitative estimate of drug-likeness (QED) is 0.413. The zero-order valence-corrected chi connectivity index (χ0v) is 17.8. The highest BCUT2D eigenvalue weighted by molar-refractivity contribution is 6.52. The second-order valence-electron chi connectivity index (χ2n) is 7.71. The molecule has 2 aliphatic rings.